The van der Waals surface area contributed by atoms with E-state index in [0.29, 0.717) is 33.4 Å². The Bertz CT molecular complexity index is 1420. The first-order chi connectivity index (χ1) is 16.7. The van der Waals surface area contributed by atoms with Crippen molar-refractivity contribution in [1.82, 2.24) is 29.6 Å². The zero-order valence-electron chi connectivity index (χ0n) is 19.0. The highest BCUT2D eigenvalue weighted by Crippen LogP contribution is 2.37. The molecule has 4 atom stereocenters. The zero-order valence-corrected chi connectivity index (χ0v) is 19.0. The quantitative estimate of drug-likeness (QED) is 0.326. The molecule has 5 N–H and O–H groups in total. The molecule has 0 unspecified atom stereocenters. The van der Waals surface area contributed by atoms with Gasteiger partial charge >= 0.3 is 0 Å². The highest BCUT2D eigenvalue weighted by molar-refractivity contribution is 5.99. The summed E-state index contributed by atoms with van der Waals surface area (Å²) in [6.07, 6.45) is -0.684. The van der Waals surface area contributed by atoms with E-state index in [9.17, 15) is 19.4 Å². The van der Waals surface area contributed by atoms with Crippen LogP contribution in [0.25, 0.3) is 22.3 Å². The van der Waals surface area contributed by atoms with Gasteiger partial charge < -0.3 is 30.6 Å². The fourth-order valence-corrected chi connectivity index (χ4v) is 4.27. The van der Waals surface area contributed by atoms with Crippen molar-refractivity contribution in [1.29, 1.82) is 0 Å². The number of aromatic nitrogens is 5. The van der Waals surface area contributed by atoms with E-state index in [1.54, 1.807) is 49.2 Å². The summed E-state index contributed by atoms with van der Waals surface area (Å²) >= 11 is 0. The fraction of sp³-hybridized carbons (Fsp3) is 0.304. The first-order valence-electron chi connectivity index (χ1n) is 10.9. The molecule has 11 nitrogen and oxygen atoms in total. The van der Waals surface area contributed by atoms with Gasteiger partial charge in [-0.3, -0.25) is 9.48 Å². The number of aryl methyl sites for hydroxylation is 2. The summed E-state index contributed by atoms with van der Waals surface area (Å²) in [5.74, 6) is -0.739. The van der Waals surface area contributed by atoms with Crippen LogP contribution in [0.5, 0.6) is 0 Å². The van der Waals surface area contributed by atoms with Crippen LogP contribution >= 0.6 is 0 Å². The van der Waals surface area contributed by atoms with E-state index in [1.807, 2.05) is 0 Å². The summed E-state index contributed by atoms with van der Waals surface area (Å²) in [5.41, 5.74) is 8.84. The molecule has 0 bridgehead atoms. The molecule has 5 rings (SSSR count). The second-order valence-electron chi connectivity index (χ2n) is 8.51. The minimum absolute atomic E-state index is 0.104. The van der Waals surface area contributed by atoms with Crippen LogP contribution in [-0.2, 0) is 23.1 Å². The topological polar surface area (TPSA) is 153 Å². The molecule has 0 aliphatic carbocycles. The Kier molecular flexibility index (Phi) is 5.71. The lowest BCUT2D eigenvalue weighted by molar-refractivity contribution is -0.137. The number of carbonyl (C=O) groups is 1. The minimum Gasteiger partial charge on any atom is -0.387 e. The van der Waals surface area contributed by atoms with Crippen molar-refractivity contribution in [2.24, 2.45) is 7.05 Å². The van der Waals surface area contributed by atoms with Gasteiger partial charge in [0, 0.05) is 31.5 Å². The van der Waals surface area contributed by atoms with E-state index in [1.165, 1.54) is 17.0 Å². The number of nitrogens with two attached hydrogens (primary N) is 1. The van der Waals surface area contributed by atoms with Gasteiger partial charge in [-0.1, -0.05) is 12.1 Å². The summed E-state index contributed by atoms with van der Waals surface area (Å²) < 4.78 is 22.5. The molecule has 1 aromatic carbocycles. The molecule has 3 aromatic heterocycles. The number of nitrogen functional groups attached to an aromatic ring is 1. The molecule has 1 aliphatic heterocycles. The van der Waals surface area contributed by atoms with Crippen LogP contribution in [0.1, 0.15) is 17.4 Å². The van der Waals surface area contributed by atoms with Crippen LogP contribution in [0, 0.1) is 12.7 Å². The molecule has 1 aliphatic rings. The lowest BCUT2D eigenvalue weighted by atomic mass is 10.1. The number of benzene rings is 1. The number of hydrogen-bond acceptors (Lipinski definition) is 8. The number of aliphatic hydroxyl groups excluding tert-OH is 2. The molecule has 0 spiro atoms. The second kappa shape index (κ2) is 8.73. The van der Waals surface area contributed by atoms with Crippen LogP contribution in [0.2, 0.25) is 0 Å². The highest BCUT2D eigenvalue weighted by Gasteiger charge is 2.47. The third-order valence-electron chi connectivity index (χ3n) is 6.09. The number of fused-ring (bicyclic) bond motifs is 1. The second-order valence-corrected chi connectivity index (χ2v) is 8.51. The van der Waals surface area contributed by atoms with Crippen molar-refractivity contribution in [3.63, 3.8) is 0 Å². The maximum Gasteiger partial charge on any atom is 0.252 e. The normalized spacial score (nSPS) is 22.1. The Labute approximate surface area is 199 Å². The van der Waals surface area contributed by atoms with Crippen molar-refractivity contribution in [2.75, 3.05) is 5.73 Å². The van der Waals surface area contributed by atoms with Gasteiger partial charge in [0.1, 0.15) is 35.8 Å². The number of hydrogen-bond donors (Lipinski definition) is 4. The summed E-state index contributed by atoms with van der Waals surface area (Å²) in [6.45, 7) is 1.73. The summed E-state index contributed by atoms with van der Waals surface area (Å²) in [5, 5.41) is 29.0. The highest BCUT2D eigenvalue weighted by atomic mass is 19.1. The first-order valence-corrected chi connectivity index (χ1v) is 10.9. The Balaban J connectivity index is 1.42. The van der Waals surface area contributed by atoms with E-state index < -0.39 is 30.4 Å². The predicted octanol–water partition coefficient (Wildman–Crippen LogP) is 0.797. The molecule has 0 saturated carbocycles. The Hall–Kier alpha value is -3.87. The van der Waals surface area contributed by atoms with Crippen molar-refractivity contribution < 1.29 is 24.1 Å². The van der Waals surface area contributed by atoms with Crippen molar-refractivity contribution in [2.45, 2.75) is 38.0 Å². The standard InChI is InChI=1S/C23H24FN7O4/c1-11-7-12(3-4-14(11)24)8-26-22(34)19-17(32)18(33)23(35-19)31-9-13(15-5-6-30(2)29-15)16-20(25)27-10-28-21(16)31/h3-7,9-10,17-19,23,32-33H,8H2,1-2H3,(H,26,34)(H2,25,27,28)/t17-,18+,19-,23+/m0/s1. The smallest absolute Gasteiger partial charge is 0.252 e. The first kappa shape index (κ1) is 22.9. The third-order valence-corrected chi connectivity index (χ3v) is 6.09. The number of aliphatic hydroxyl groups is 2. The van der Waals surface area contributed by atoms with Crippen LogP contribution in [0.3, 0.4) is 0 Å². The molecule has 182 valence electrons. The number of nitrogens with zero attached hydrogens (tertiary/aromatic N) is 5. The van der Waals surface area contributed by atoms with Crippen LogP contribution in [0.4, 0.5) is 10.2 Å². The summed E-state index contributed by atoms with van der Waals surface area (Å²) in [4.78, 5) is 21.2. The number of rotatable bonds is 5. The summed E-state index contributed by atoms with van der Waals surface area (Å²) in [7, 11) is 1.78. The number of nitrogens with one attached hydrogen (secondary N) is 1. The molecule has 4 heterocycles. The van der Waals surface area contributed by atoms with Gasteiger partial charge in [0.2, 0.25) is 0 Å². The fourth-order valence-electron chi connectivity index (χ4n) is 4.27. The lowest BCUT2D eigenvalue weighted by Crippen LogP contribution is -2.42. The monoisotopic (exact) mass is 481 g/mol. The largest absolute Gasteiger partial charge is 0.387 e. The van der Waals surface area contributed by atoms with Crippen LogP contribution in [-0.4, -0.2) is 58.7 Å². The van der Waals surface area contributed by atoms with Gasteiger partial charge in [-0.2, -0.15) is 5.10 Å². The lowest BCUT2D eigenvalue weighted by Gasteiger charge is -2.17. The van der Waals surface area contributed by atoms with E-state index in [4.69, 9.17) is 10.5 Å². The van der Waals surface area contributed by atoms with Gasteiger partial charge in [-0.25, -0.2) is 14.4 Å². The van der Waals surface area contributed by atoms with E-state index in [-0.39, 0.29) is 18.2 Å². The Morgan fingerprint density at radius 3 is 2.77 bits per heavy atom. The number of ether oxygens (including phenoxy) is 1. The Morgan fingerprint density at radius 2 is 2.06 bits per heavy atom. The zero-order chi connectivity index (χ0) is 24.9. The van der Waals surface area contributed by atoms with E-state index in [0.717, 1.165) is 0 Å². The minimum atomic E-state index is -1.50. The number of anilines is 1. The van der Waals surface area contributed by atoms with E-state index in [2.05, 4.69) is 20.4 Å². The number of amides is 1. The molecule has 1 amide bonds. The SMILES string of the molecule is Cc1cc(CNC(=O)[C@H]2O[C@@H](n3cc(-c4ccn(C)n4)c4c(N)ncnc43)[C@H](O)[C@@H]2O)ccc1F. The molecular formula is C23H24FN7O4. The molecule has 0 radical (unpaired) electrons. The Morgan fingerprint density at radius 1 is 1.26 bits per heavy atom. The molecule has 12 heteroatoms. The number of carbonyl (C=O) groups excluding carboxylic acids is 1. The molecular weight excluding hydrogens is 457 g/mol. The summed E-state index contributed by atoms with van der Waals surface area (Å²) in [6, 6.07) is 6.29. The molecule has 35 heavy (non-hydrogen) atoms. The van der Waals surface area contributed by atoms with Crippen molar-refractivity contribution in [3.8, 4) is 11.3 Å². The van der Waals surface area contributed by atoms with Gasteiger partial charge in [0.15, 0.2) is 12.3 Å². The molecule has 1 saturated heterocycles. The molecule has 4 aromatic rings. The van der Waals surface area contributed by atoms with Gasteiger partial charge in [-0.05, 0) is 30.2 Å². The van der Waals surface area contributed by atoms with Gasteiger partial charge in [-0.15, -0.1) is 0 Å². The van der Waals surface area contributed by atoms with Crippen LogP contribution in [0.15, 0.2) is 43.0 Å². The maximum atomic E-state index is 13.5. The van der Waals surface area contributed by atoms with Crippen molar-refractivity contribution in [3.05, 3.63) is 59.9 Å². The number of halogens is 1. The van der Waals surface area contributed by atoms with Crippen LogP contribution < -0.4 is 11.1 Å². The van der Waals surface area contributed by atoms with Gasteiger partial charge in [0.05, 0.1) is 11.1 Å². The third kappa shape index (κ3) is 4.01. The van der Waals surface area contributed by atoms with Gasteiger partial charge in [0.25, 0.3) is 5.91 Å². The average molecular weight is 481 g/mol. The van der Waals surface area contributed by atoms with Crippen molar-refractivity contribution >= 4 is 22.8 Å². The average Bonchev–Trinajstić information content (AvgIpc) is 3.51. The predicted molar refractivity (Wildman–Crippen MR) is 123 cm³/mol. The maximum absolute atomic E-state index is 13.5. The van der Waals surface area contributed by atoms with E-state index >= 15 is 0 Å². The molecule has 1 fully saturated rings.